The highest BCUT2D eigenvalue weighted by Gasteiger charge is 2.22. The number of nitrogens with one attached hydrogen (secondary N) is 1. The molecule has 0 fully saturated rings. The summed E-state index contributed by atoms with van der Waals surface area (Å²) in [7, 11) is 0. The first-order valence-corrected chi connectivity index (χ1v) is 7.34. The van der Waals surface area contributed by atoms with Crippen LogP contribution in [-0.4, -0.2) is 17.0 Å². The molecule has 1 atom stereocenters. The predicted octanol–water partition coefficient (Wildman–Crippen LogP) is 3.83. The second-order valence-electron chi connectivity index (χ2n) is 4.18. The molecule has 1 heterocycles. The third-order valence-electron chi connectivity index (χ3n) is 2.52. The van der Waals surface area contributed by atoms with Crippen LogP contribution in [0.5, 0.6) is 0 Å². The molecule has 2 rings (SSSR count). The minimum atomic E-state index is 0.631. The van der Waals surface area contributed by atoms with Crippen molar-refractivity contribution >= 4 is 45.2 Å². The average molecular weight is 346 g/mol. The van der Waals surface area contributed by atoms with Gasteiger partial charge in [0.15, 0.2) is 5.17 Å². The van der Waals surface area contributed by atoms with E-state index in [1.165, 1.54) is 3.57 Å². The molecule has 0 radical (unpaired) electrons. The summed E-state index contributed by atoms with van der Waals surface area (Å²) in [5, 5.41) is 5.05. The van der Waals surface area contributed by atoms with Gasteiger partial charge in [-0.2, -0.15) is 0 Å². The van der Waals surface area contributed by atoms with Crippen molar-refractivity contribution < 1.29 is 0 Å². The summed E-state index contributed by atoms with van der Waals surface area (Å²) in [5.41, 5.74) is 1.12. The fourth-order valence-corrected chi connectivity index (χ4v) is 2.86. The number of thioether (sulfide) groups is 1. The van der Waals surface area contributed by atoms with Crippen molar-refractivity contribution in [1.29, 1.82) is 0 Å². The molecule has 1 N–H and O–H groups in total. The van der Waals surface area contributed by atoms with Crippen molar-refractivity contribution in [3.63, 3.8) is 0 Å². The fourth-order valence-electron chi connectivity index (χ4n) is 1.46. The average Bonchev–Trinajstić information content (AvgIpc) is 2.70. The first kappa shape index (κ1) is 12.2. The predicted molar refractivity (Wildman–Crippen MR) is 81.3 cm³/mol. The van der Waals surface area contributed by atoms with Crippen LogP contribution >= 0.6 is 34.4 Å². The van der Waals surface area contributed by atoms with Gasteiger partial charge in [0.2, 0.25) is 0 Å². The van der Waals surface area contributed by atoms with Gasteiger partial charge < -0.3 is 5.32 Å². The van der Waals surface area contributed by atoms with Crippen molar-refractivity contribution in [3.8, 4) is 0 Å². The van der Waals surface area contributed by atoms with Gasteiger partial charge in [0.1, 0.15) is 0 Å². The van der Waals surface area contributed by atoms with Gasteiger partial charge in [-0.05, 0) is 52.8 Å². The molecular formula is C12H15IN2S. The molecule has 1 aliphatic rings. The molecule has 0 spiro atoms. The minimum Gasteiger partial charge on any atom is -0.335 e. The lowest BCUT2D eigenvalue weighted by Crippen LogP contribution is -2.13. The zero-order valence-electron chi connectivity index (χ0n) is 9.40. The zero-order chi connectivity index (χ0) is 11.5. The number of anilines is 1. The third-order valence-corrected chi connectivity index (χ3v) is 4.69. The second kappa shape index (κ2) is 5.40. The van der Waals surface area contributed by atoms with E-state index in [-0.39, 0.29) is 0 Å². The molecule has 4 heteroatoms. The Kier molecular flexibility index (Phi) is 4.13. The van der Waals surface area contributed by atoms with Gasteiger partial charge in [-0.1, -0.05) is 25.6 Å². The van der Waals surface area contributed by atoms with E-state index >= 15 is 0 Å². The number of aliphatic imine (C=N–C) groups is 1. The van der Waals surface area contributed by atoms with Crippen molar-refractivity contribution in [1.82, 2.24) is 0 Å². The van der Waals surface area contributed by atoms with Crippen LogP contribution in [-0.2, 0) is 0 Å². The Morgan fingerprint density at radius 2 is 2.06 bits per heavy atom. The lowest BCUT2D eigenvalue weighted by Gasteiger charge is -2.12. The normalized spacial score (nSPS) is 20.0. The third kappa shape index (κ3) is 3.13. The zero-order valence-corrected chi connectivity index (χ0v) is 12.4. The summed E-state index contributed by atoms with van der Waals surface area (Å²) in [5.74, 6) is 0.685. The number of nitrogens with zero attached hydrogens (tertiary/aromatic N) is 1. The van der Waals surface area contributed by atoms with Gasteiger partial charge in [-0.3, -0.25) is 4.99 Å². The Morgan fingerprint density at radius 1 is 1.38 bits per heavy atom. The summed E-state index contributed by atoms with van der Waals surface area (Å²) < 4.78 is 1.25. The molecule has 86 valence electrons. The first-order valence-electron chi connectivity index (χ1n) is 5.39. The molecule has 0 amide bonds. The van der Waals surface area contributed by atoms with Gasteiger partial charge >= 0.3 is 0 Å². The van der Waals surface area contributed by atoms with Crippen molar-refractivity contribution in [3.05, 3.63) is 27.8 Å². The molecule has 1 aromatic rings. The maximum atomic E-state index is 4.52. The van der Waals surface area contributed by atoms with Crippen molar-refractivity contribution in [2.75, 3.05) is 11.9 Å². The van der Waals surface area contributed by atoms with Crippen LogP contribution in [0.4, 0.5) is 5.69 Å². The van der Waals surface area contributed by atoms with Crippen molar-refractivity contribution in [2.45, 2.75) is 19.1 Å². The van der Waals surface area contributed by atoms with E-state index in [1.807, 2.05) is 11.8 Å². The molecule has 0 bridgehead atoms. The Morgan fingerprint density at radius 3 is 2.62 bits per heavy atom. The smallest absolute Gasteiger partial charge is 0.161 e. The van der Waals surface area contributed by atoms with Crippen LogP contribution < -0.4 is 5.32 Å². The number of hydrogen-bond acceptors (Lipinski definition) is 3. The topological polar surface area (TPSA) is 24.4 Å². The lowest BCUT2D eigenvalue weighted by atomic mass is 10.1. The lowest BCUT2D eigenvalue weighted by molar-refractivity contribution is 0.621. The molecule has 2 nitrogen and oxygen atoms in total. The monoisotopic (exact) mass is 346 g/mol. The molecule has 0 saturated heterocycles. The highest BCUT2D eigenvalue weighted by atomic mass is 127. The van der Waals surface area contributed by atoms with E-state index < -0.39 is 0 Å². The number of benzene rings is 1. The SMILES string of the molecule is CC(C)C1CN=C(Nc2ccc(I)cc2)S1. The Labute approximate surface area is 114 Å². The number of hydrogen-bond donors (Lipinski definition) is 1. The molecule has 1 aromatic carbocycles. The van der Waals surface area contributed by atoms with E-state index in [0.29, 0.717) is 11.2 Å². The van der Waals surface area contributed by atoms with E-state index in [0.717, 1.165) is 17.4 Å². The highest BCUT2D eigenvalue weighted by Crippen LogP contribution is 2.27. The van der Waals surface area contributed by atoms with E-state index in [4.69, 9.17) is 0 Å². The van der Waals surface area contributed by atoms with E-state index in [2.05, 4.69) is 71.0 Å². The number of amidine groups is 1. The van der Waals surface area contributed by atoms with Crippen LogP contribution in [0.25, 0.3) is 0 Å². The van der Waals surface area contributed by atoms with Crippen LogP contribution in [0.3, 0.4) is 0 Å². The molecule has 0 aromatic heterocycles. The van der Waals surface area contributed by atoms with Crippen LogP contribution in [0.2, 0.25) is 0 Å². The van der Waals surface area contributed by atoms with E-state index in [1.54, 1.807) is 0 Å². The molecule has 16 heavy (non-hydrogen) atoms. The summed E-state index contributed by atoms with van der Waals surface area (Å²) in [4.78, 5) is 4.52. The highest BCUT2D eigenvalue weighted by molar-refractivity contribution is 14.1. The largest absolute Gasteiger partial charge is 0.335 e. The molecule has 0 aliphatic carbocycles. The van der Waals surface area contributed by atoms with Crippen LogP contribution in [0, 0.1) is 9.49 Å². The Bertz CT molecular complexity index is 387. The quantitative estimate of drug-likeness (QED) is 0.823. The summed E-state index contributed by atoms with van der Waals surface area (Å²) >= 11 is 4.16. The summed E-state index contributed by atoms with van der Waals surface area (Å²) in [6, 6.07) is 8.38. The molecule has 1 aliphatic heterocycles. The Balaban J connectivity index is 1.94. The van der Waals surface area contributed by atoms with Gasteiger partial charge in [0.25, 0.3) is 0 Å². The van der Waals surface area contributed by atoms with Gasteiger partial charge in [-0.15, -0.1) is 0 Å². The number of rotatable bonds is 2. The van der Waals surface area contributed by atoms with Crippen LogP contribution in [0.1, 0.15) is 13.8 Å². The summed E-state index contributed by atoms with van der Waals surface area (Å²) in [6.07, 6.45) is 0. The van der Waals surface area contributed by atoms with Gasteiger partial charge in [0.05, 0.1) is 6.54 Å². The van der Waals surface area contributed by atoms with E-state index in [9.17, 15) is 0 Å². The van der Waals surface area contributed by atoms with Crippen molar-refractivity contribution in [2.24, 2.45) is 10.9 Å². The number of halogens is 1. The van der Waals surface area contributed by atoms with Crippen LogP contribution in [0.15, 0.2) is 29.3 Å². The molecule has 1 unspecified atom stereocenters. The maximum absolute atomic E-state index is 4.52. The maximum Gasteiger partial charge on any atom is 0.161 e. The van der Waals surface area contributed by atoms with Gasteiger partial charge in [0, 0.05) is 14.5 Å². The molecule has 0 saturated carbocycles. The standard InChI is InChI=1S/C12H15IN2S/c1-8(2)11-7-14-12(16-11)15-10-5-3-9(13)4-6-10/h3-6,8,11H,7H2,1-2H3,(H,14,15). The fraction of sp³-hybridized carbons (Fsp3) is 0.417. The Hall–Kier alpha value is -0.230. The minimum absolute atomic E-state index is 0.631. The first-order chi connectivity index (χ1) is 7.65. The molecular weight excluding hydrogens is 331 g/mol. The summed E-state index contributed by atoms with van der Waals surface area (Å²) in [6.45, 7) is 5.44. The van der Waals surface area contributed by atoms with Gasteiger partial charge in [-0.25, -0.2) is 0 Å². The second-order valence-corrected chi connectivity index (χ2v) is 6.65.